The molecule has 1 fully saturated rings. The first-order valence-corrected chi connectivity index (χ1v) is 6.73. The molecule has 1 aliphatic rings. The van der Waals surface area contributed by atoms with Gasteiger partial charge in [0.15, 0.2) is 0 Å². The molecule has 0 aromatic heterocycles. The van der Waals surface area contributed by atoms with Crippen LogP contribution in [-0.4, -0.2) is 25.0 Å². The molecule has 1 heterocycles. The largest absolute Gasteiger partial charge is 0.348 e. The number of benzene rings is 1. The number of piperidine rings is 1. The van der Waals surface area contributed by atoms with Crippen molar-refractivity contribution < 1.29 is 4.79 Å². The van der Waals surface area contributed by atoms with Crippen molar-refractivity contribution in [1.82, 2.24) is 10.6 Å². The van der Waals surface area contributed by atoms with E-state index in [0.29, 0.717) is 0 Å². The first-order chi connectivity index (χ1) is 8.15. The third-order valence-corrected chi connectivity index (χ3v) is 3.39. The highest BCUT2D eigenvalue weighted by molar-refractivity contribution is 9.10. The van der Waals surface area contributed by atoms with Gasteiger partial charge < -0.3 is 10.6 Å². The Morgan fingerprint density at radius 2 is 2.29 bits per heavy atom. The second-order valence-corrected chi connectivity index (χ2v) is 5.45. The molecule has 0 radical (unpaired) electrons. The van der Waals surface area contributed by atoms with E-state index in [1.54, 1.807) is 0 Å². The number of hydrogen-bond acceptors (Lipinski definition) is 2. The molecule has 0 spiro atoms. The zero-order valence-corrected chi connectivity index (χ0v) is 11.5. The summed E-state index contributed by atoms with van der Waals surface area (Å²) in [5.41, 5.74) is 1.81. The van der Waals surface area contributed by atoms with Crippen LogP contribution < -0.4 is 10.6 Å². The van der Waals surface area contributed by atoms with Crippen LogP contribution in [0.5, 0.6) is 0 Å². The number of aryl methyl sites for hydroxylation is 1. The van der Waals surface area contributed by atoms with Gasteiger partial charge in [0.05, 0.1) is 0 Å². The van der Waals surface area contributed by atoms with Crippen LogP contribution in [0.3, 0.4) is 0 Å². The molecular formula is C13H17BrN2O. The van der Waals surface area contributed by atoms with Crippen LogP contribution in [0.2, 0.25) is 0 Å². The number of hydrogen-bond donors (Lipinski definition) is 2. The number of carbonyl (C=O) groups excluding carboxylic acids is 1. The standard InChI is InChI=1S/C13H17BrN2O/c1-9-5-10(7-11(14)6-9)13(17)16-12-3-2-4-15-8-12/h5-7,12,15H,2-4,8H2,1H3,(H,16,17)/t12-/m1/s1. The van der Waals surface area contributed by atoms with Crippen LogP contribution >= 0.6 is 15.9 Å². The summed E-state index contributed by atoms with van der Waals surface area (Å²) in [7, 11) is 0. The normalized spacial score (nSPS) is 20.0. The highest BCUT2D eigenvalue weighted by Gasteiger charge is 2.16. The minimum absolute atomic E-state index is 0.0168. The predicted molar refractivity (Wildman–Crippen MR) is 72.2 cm³/mol. The average Bonchev–Trinajstić information content (AvgIpc) is 2.29. The molecule has 92 valence electrons. The van der Waals surface area contributed by atoms with Crippen LogP contribution in [0.15, 0.2) is 22.7 Å². The Morgan fingerprint density at radius 3 is 2.94 bits per heavy atom. The zero-order valence-electron chi connectivity index (χ0n) is 9.92. The topological polar surface area (TPSA) is 41.1 Å². The highest BCUT2D eigenvalue weighted by Crippen LogP contribution is 2.15. The summed E-state index contributed by atoms with van der Waals surface area (Å²) < 4.78 is 0.949. The molecule has 0 bridgehead atoms. The Kier molecular flexibility index (Phi) is 4.18. The summed E-state index contributed by atoms with van der Waals surface area (Å²) in [6, 6.07) is 6.03. The van der Waals surface area contributed by atoms with Crippen molar-refractivity contribution in [3.8, 4) is 0 Å². The van der Waals surface area contributed by atoms with Crippen molar-refractivity contribution in [1.29, 1.82) is 0 Å². The third-order valence-electron chi connectivity index (χ3n) is 2.94. The molecule has 1 amide bonds. The lowest BCUT2D eigenvalue weighted by Gasteiger charge is -2.23. The van der Waals surface area contributed by atoms with Crippen molar-refractivity contribution >= 4 is 21.8 Å². The van der Waals surface area contributed by atoms with Crippen LogP contribution in [0.4, 0.5) is 0 Å². The van der Waals surface area contributed by atoms with Gasteiger partial charge in [0.25, 0.3) is 5.91 Å². The zero-order chi connectivity index (χ0) is 12.3. The Labute approximate surface area is 110 Å². The van der Waals surface area contributed by atoms with E-state index in [9.17, 15) is 4.79 Å². The van der Waals surface area contributed by atoms with E-state index in [1.807, 2.05) is 25.1 Å². The van der Waals surface area contributed by atoms with Crippen molar-refractivity contribution in [3.63, 3.8) is 0 Å². The van der Waals surface area contributed by atoms with Gasteiger partial charge in [-0.15, -0.1) is 0 Å². The second-order valence-electron chi connectivity index (χ2n) is 4.53. The first kappa shape index (κ1) is 12.6. The highest BCUT2D eigenvalue weighted by atomic mass is 79.9. The molecule has 1 aliphatic heterocycles. The van der Waals surface area contributed by atoms with E-state index < -0.39 is 0 Å². The van der Waals surface area contributed by atoms with E-state index in [2.05, 4.69) is 26.6 Å². The lowest BCUT2D eigenvalue weighted by molar-refractivity contribution is 0.0930. The number of halogens is 1. The summed E-state index contributed by atoms with van der Waals surface area (Å²) in [6.07, 6.45) is 2.19. The minimum atomic E-state index is 0.0168. The minimum Gasteiger partial charge on any atom is -0.348 e. The van der Waals surface area contributed by atoms with Crippen LogP contribution in [-0.2, 0) is 0 Å². The van der Waals surface area contributed by atoms with Gasteiger partial charge in [-0.3, -0.25) is 4.79 Å². The van der Waals surface area contributed by atoms with Gasteiger partial charge in [0.2, 0.25) is 0 Å². The van der Waals surface area contributed by atoms with Gasteiger partial charge in [-0.05, 0) is 50.1 Å². The molecule has 0 saturated carbocycles. The van der Waals surface area contributed by atoms with E-state index in [4.69, 9.17) is 0 Å². The molecule has 2 rings (SSSR count). The maximum atomic E-state index is 12.1. The fourth-order valence-corrected chi connectivity index (χ4v) is 2.72. The van der Waals surface area contributed by atoms with Crippen LogP contribution in [0, 0.1) is 6.92 Å². The summed E-state index contributed by atoms with van der Waals surface area (Å²) in [6.45, 7) is 3.92. The molecule has 1 atom stereocenters. The van der Waals surface area contributed by atoms with Gasteiger partial charge in [0, 0.05) is 22.6 Å². The molecule has 1 saturated heterocycles. The van der Waals surface area contributed by atoms with Crippen molar-refractivity contribution in [2.75, 3.05) is 13.1 Å². The first-order valence-electron chi connectivity index (χ1n) is 5.94. The van der Waals surface area contributed by atoms with E-state index in [1.165, 1.54) is 0 Å². The summed E-state index contributed by atoms with van der Waals surface area (Å²) in [5.74, 6) is 0.0168. The van der Waals surface area contributed by atoms with Crippen LogP contribution in [0.25, 0.3) is 0 Å². The number of carbonyl (C=O) groups is 1. The molecule has 1 aromatic rings. The maximum absolute atomic E-state index is 12.1. The number of nitrogens with one attached hydrogen (secondary N) is 2. The molecule has 2 N–H and O–H groups in total. The summed E-state index contributed by atoms with van der Waals surface area (Å²) >= 11 is 3.41. The van der Waals surface area contributed by atoms with Crippen LogP contribution in [0.1, 0.15) is 28.8 Å². The van der Waals surface area contributed by atoms with Gasteiger partial charge in [-0.2, -0.15) is 0 Å². The van der Waals surface area contributed by atoms with Crippen molar-refractivity contribution in [2.24, 2.45) is 0 Å². The van der Waals surface area contributed by atoms with Gasteiger partial charge in [-0.1, -0.05) is 15.9 Å². The van der Waals surface area contributed by atoms with E-state index in [-0.39, 0.29) is 11.9 Å². The number of amides is 1. The van der Waals surface area contributed by atoms with Crippen molar-refractivity contribution in [2.45, 2.75) is 25.8 Å². The van der Waals surface area contributed by atoms with Gasteiger partial charge >= 0.3 is 0 Å². The lowest BCUT2D eigenvalue weighted by atomic mass is 10.1. The molecule has 1 aromatic carbocycles. The molecular weight excluding hydrogens is 280 g/mol. The molecule has 17 heavy (non-hydrogen) atoms. The lowest BCUT2D eigenvalue weighted by Crippen LogP contribution is -2.45. The van der Waals surface area contributed by atoms with E-state index in [0.717, 1.165) is 41.5 Å². The van der Waals surface area contributed by atoms with Gasteiger partial charge in [0.1, 0.15) is 0 Å². The Bertz CT molecular complexity index is 394. The molecule has 0 unspecified atom stereocenters. The van der Waals surface area contributed by atoms with Gasteiger partial charge in [-0.25, -0.2) is 0 Å². The Morgan fingerprint density at radius 1 is 1.47 bits per heavy atom. The molecule has 4 heteroatoms. The fourth-order valence-electron chi connectivity index (χ4n) is 2.11. The summed E-state index contributed by atoms with van der Waals surface area (Å²) in [4.78, 5) is 12.1. The average molecular weight is 297 g/mol. The third kappa shape index (κ3) is 3.54. The van der Waals surface area contributed by atoms with Crippen molar-refractivity contribution in [3.05, 3.63) is 33.8 Å². The van der Waals surface area contributed by atoms with E-state index >= 15 is 0 Å². The molecule has 3 nitrogen and oxygen atoms in total. The SMILES string of the molecule is Cc1cc(Br)cc(C(=O)N[C@@H]2CCCNC2)c1. The Balaban J connectivity index is 2.03. The second kappa shape index (κ2) is 5.65. The Hall–Kier alpha value is -0.870. The quantitative estimate of drug-likeness (QED) is 0.879. The molecule has 0 aliphatic carbocycles. The fraction of sp³-hybridized carbons (Fsp3) is 0.462. The smallest absolute Gasteiger partial charge is 0.251 e. The monoisotopic (exact) mass is 296 g/mol. The summed E-state index contributed by atoms with van der Waals surface area (Å²) in [5, 5.41) is 6.36. The number of rotatable bonds is 2. The predicted octanol–water partition coefficient (Wildman–Crippen LogP) is 2.24. The maximum Gasteiger partial charge on any atom is 0.251 e.